The van der Waals surface area contributed by atoms with Gasteiger partial charge in [-0.2, -0.15) is 0 Å². The van der Waals surface area contributed by atoms with Crippen LogP contribution in [0, 0.1) is 0 Å². The summed E-state index contributed by atoms with van der Waals surface area (Å²) in [4.78, 5) is 16.6. The molecule has 3 N–H and O–H groups in total. The molecule has 0 spiro atoms. The molecule has 0 radical (unpaired) electrons. The van der Waals surface area contributed by atoms with Gasteiger partial charge >= 0.3 is 6.03 Å². The minimum Gasteiger partial charge on any atom is -0.368 e. The van der Waals surface area contributed by atoms with E-state index in [2.05, 4.69) is 25.3 Å². The third-order valence-electron chi connectivity index (χ3n) is 3.26. The zero-order chi connectivity index (χ0) is 17.4. The highest BCUT2D eigenvalue weighted by atomic mass is 32.2. The number of anilines is 2. The van der Waals surface area contributed by atoms with Crippen molar-refractivity contribution in [3.8, 4) is 0 Å². The van der Waals surface area contributed by atoms with Crippen LogP contribution in [0.3, 0.4) is 0 Å². The molecule has 24 heavy (non-hydrogen) atoms. The monoisotopic (exact) mass is 347 g/mol. The first kappa shape index (κ1) is 17.7. The molecule has 0 saturated heterocycles. The van der Waals surface area contributed by atoms with Crippen LogP contribution in [0.15, 0.2) is 57.9 Å². The van der Waals surface area contributed by atoms with Crippen molar-refractivity contribution in [2.75, 3.05) is 37.0 Å². The number of amides is 2. The number of urea groups is 1. The lowest BCUT2D eigenvalue weighted by Gasteiger charge is -2.10. The maximum atomic E-state index is 12.2. The second-order valence-electron chi connectivity index (χ2n) is 5.04. The second-order valence-corrected chi connectivity index (χ2v) is 7.48. The van der Waals surface area contributed by atoms with E-state index in [0.29, 0.717) is 23.7 Å². The molecule has 1 heterocycles. The molecule has 8 heteroatoms. The molecular weight excluding hydrogens is 326 g/mol. The van der Waals surface area contributed by atoms with Crippen LogP contribution >= 0.6 is 0 Å². The lowest BCUT2D eigenvalue weighted by molar-refractivity contribution is 0.252. The summed E-state index contributed by atoms with van der Waals surface area (Å²) in [6, 6.07) is 12.1. The predicted molar refractivity (Wildman–Crippen MR) is 96.9 cm³/mol. The van der Waals surface area contributed by atoms with Crippen molar-refractivity contribution in [1.29, 1.82) is 0 Å². The number of rotatable bonds is 6. The van der Waals surface area contributed by atoms with Crippen LogP contribution < -0.4 is 16.0 Å². The Hall–Kier alpha value is -2.61. The maximum absolute atomic E-state index is 12.2. The minimum absolute atomic E-state index is 0.328. The Morgan fingerprint density at radius 3 is 2.75 bits per heavy atom. The van der Waals surface area contributed by atoms with Gasteiger partial charge in [0.15, 0.2) is 0 Å². The minimum atomic E-state index is -2.42. The van der Waals surface area contributed by atoms with Crippen LogP contribution in [-0.4, -0.2) is 41.6 Å². The van der Waals surface area contributed by atoms with Gasteiger partial charge in [0.25, 0.3) is 0 Å². The molecule has 0 aliphatic heterocycles. The Balaban J connectivity index is 1.82. The highest BCUT2D eigenvalue weighted by Gasteiger charge is 2.07. The van der Waals surface area contributed by atoms with Gasteiger partial charge in [0.05, 0.1) is 9.73 Å². The third kappa shape index (κ3) is 5.24. The highest BCUT2D eigenvalue weighted by molar-refractivity contribution is 7.93. The van der Waals surface area contributed by atoms with E-state index in [1.165, 1.54) is 7.05 Å². The third-order valence-corrected chi connectivity index (χ3v) is 5.08. The Labute approximate surface area is 142 Å². The van der Waals surface area contributed by atoms with E-state index >= 15 is 0 Å². The molecular formula is C16H21N5O2S. The number of nitrogens with zero attached hydrogens (tertiary/aromatic N) is 2. The molecule has 1 atom stereocenters. The number of carbonyl (C=O) groups is 1. The summed E-state index contributed by atoms with van der Waals surface area (Å²) in [5, 5.41) is 8.55. The molecule has 0 aliphatic carbocycles. The van der Waals surface area contributed by atoms with Crippen molar-refractivity contribution < 1.29 is 9.00 Å². The molecule has 7 nitrogen and oxygen atoms in total. The summed E-state index contributed by atoms with van der Waals surface area (Å²) in [6.45, 7) is 0.999. The summed E-state index contributed by atoms with van der Waals surface area (Å²) in [6.07, 6.45) is 3.26. The van der Waals surface area contributed by atoms with Crippen molar-refractivity contribution in [3.05, 3.63) is 48.7 Å². The molecule has 0 fully saturated rings. The van der Waals surface area contributed by atoms with Crippen molar-refractivity contribution in [3.63, 3.8) is 0 Å². The van der Waals surface area contributed by atoms with Crippen LogP contribution in [0.1, 0.15) is 0 Å². The number of benzene rings is 1. The number of hydrogen-bond donors (Lipinski definition) is 3. The topological polar surface area (TPSA) is 95.5 Å². The number of nitrogens with one attached hydrogen (secondary N) is 3. The number of aromatic nitrogens is 1. The summed E-state index contributed by atoms with van der Waals surface area (Å²) in [5.41, 5.74) is 0.570. The highest BCUT2D eigenvalue weighted by Crippen LogP contribution is 2.16. The van der Waals surface area contributed by atoms with Crippen LogP contribution in [0.4, 0.5) is 16.3 Å². The fourth-order valence-electron chi connectivity index (χ4n) is 1.92. The largest absolute Gasteiger partial charge is 0.368 e. The average molecular weight is 347 g/mol. The van der Waals surface area contributed by atoms with Gasteiger partial charge < -0.3 is 16.0 Å². The summed E-state index contributed by atoms with van der Waals surface area (Å²) in [5.74, 6) is 0.758. The molecule has 0 bridgehead atoms. The summed E-state index contributed by atoms with van der Waals surface area (Å²) in [7, 11) is -0.904. The van der Waals surface area contributed by atoms with Crippen LogP contribution in [0.25, 0.3) is 0 Å². The normalized spacial score (nSPS) is 12.8. The Morgan fingerprint density at radius 1 is 1.21 bits per heavy atom. The van der Waals surface area contributed by atoms with Crippen LogP contribution in [0.2, 0.25) is 0 Å². The zero-order valence-electron chi connectivity index (χ0n) is 13.7. The van der Waals surface area contributed by atoms with Crippen LogP contribution in [0.5, 0.6) is 0 Å². The first-order valence-electron chi connectivity index (χ1n) is 7.41. The SMILES string of the molecule is CN=S(C)(=O)c1cccc(NC(=O)NCCNc2ccccn2)c1. The van der Waals surface area contributed by atoms with E-state index < -0.39 is 9.73 Å². The summed E-state index contributed by atoms with van der Waals surface area (Å²) >= 11 is 0. The molecule has 0 saturated carbocycles. The van der Waals surface area contributed by atoms with E-state index in [1.54, 1.807) is 36.7 Å². The Bertz CT molecular complexity index is 801. The Kier molecular flexibility index (Phi) is 6.14. The quantitative estimate of drug-likeness (QED) is 0.699. The van der Waals surface area contributed by atoms with Gasteiger partial charge in [0.1, 0.15) is 5.82 Å². The van der Waals surface area contributed by atoms with Gasteiger partial charge in [-0.15, -0.1) is 0 Å². The van der Waals surface area contributed by atoms with Gasteiger partial charge in [-0.25, -0.2) is 18.4 Å². The summed E-state index contributed by atoms with van der Waals surface area (Å²) < 4.78 is 16.1. The number of pyridine rings is 1. The smallest absolute Gasteiger partial charge is 0.319 e. The maximum Gasteiger partial charge on any atom is 0.319 e. The fraction of sp³-hybridized carbons (Fsp3) is 0.250. The molecule has 1 unspecified atom stereocenters. The molecule has 1 aromatic carbocycles. The van der Waals surface area contributed by atoms with Gasteiger partial charge in [0.2, 0.25) is 0 Å². The van der Waals surface area contributed by atoms with Crippen molar-refractivity contribution in [2.45, 2.75) is 4.90 Å². The van der Waals surface area contributed by atoms with E-state index in [4.69, 9.17) is 0 Å². The first-order valence-corrected chi connectivity index (χ1v) is 9.34. The molecule has 2 rings (SSSR count). The lowest BCUT2D eigenvalue weighted by atomic mass is 10.3. The molecule has 0 aliphatic rings. The molecule has 2 amide bonds. The van der Waals surface area contributed by atoms with Gasteiger partial charge in [-0.05, 0) is 30.3 Å². The zero-order valence-corrected chi connectivity index (χ0v) is 14.5. The fourth-order valence-corrected chi connectivity index (χ4v) is 2.81. The molecule has 2 aromatic rings. The molecule has 1 aromatic heterocycles. The van der Waals surface area contributed by atoms with Gasteiger partial charge in [0, 0.05) is 43.2 Å². The predicted octanol–water partition coefficient (Wildman–Crippen LogP) is 2.40. The van der Waals surface area contributed by atoms with Crippen molar-refractivity contribution in [2.24, 2.45) is 4.36 Å². The van der Waals surface area contributed by atoms with Crippen molar-refractivity contribution >= 4 is 27.3 Å². The number of hydrogen-bond acceptors (Lipinski definition) is 5. The lowest BCUT2D eigenvalue weighted by Crippen LogP contribution is -2.32. The average Bonchev–Trinajstić information content (AvgIpc) is 2.60. The van der Waals surface area contributed by atoms with Crippen LogP contribution in [-0.2, 0) is 9.73 Å². The number of carbonyl (C=O) groups excluding carboxylic acids is 1. The van der Waals surface area contributed by atoms with Gasteiger partial charge in [-0.3, -0.25) is 0 Å². The van der Waals surface area contributed by atoms with Crippen molar-refractivity contribution in [1.82, 2.24) is 10.3 Å². The van der Waals surface area contributed by atoms with E-state index in [9.17, 15) is 9.00 Å². The molecule has 128 valence electrons. The first-order chi connectivity index (χ1) is 11.5. The van der Waals surface area contributed by atoms with E-state index in [1.807, 2.05) is 18.2 Å². The Morgan fingerprint density at radius 2 is 2.04 bits per heavy atom. The van der Waals surface area contributed by atoms with Gasteiger partial charge in [-0.1, -0.05) is 12.1 Å². The van der Waals surface area contributed by atoms with E-state index in [0.717, 1.165) is 5.82 Å². The second kappa shape index (κ2) is 8.30. The van der Waals surface area contributed by atoms with E-state index in [-0.39, 0.29) is 6.03 Å². The standard InChI is InChI=1S/C16H21N5O2S/c1-17-24(2,23)14-7-5-6-13(12-14)21-16(22)20-11-10-19-15-8-3-4-9-18-15/h3-9,12H,10-11H2,1-2H3,(H,18,19)(H2,20,21,22).